The highest BCUT2D eigenvalue weighted by molar-refractivity contribution is 9.10. The molecule has 0 spiro atoms. The lowest BCUT2D eigenvalue weighted by molar-refractivity contribution is 1.29. The Bertz CT molecular complexity index is 525. The van der Waals surface area contributed by atoms with E-state index in [1.165, 1.54) is 0 Å². The Kier molecular flexibility index (Phi) is 3.19. The summed E-state index contributed by atoms with van der Waals surface area (Å²) in [5.41, 5.74) is 2.89. The maximum atomic E-state index is 6.01. The van der Waals surface area contributed by atoms with E-state index in [0.29, 0.717) is 11.0 Å². The fraction of sp³-hybridized carbons (Fsp3) is 0.182. The molecule has 4 heteroatoms. The predicted octanol–water partition coefficient (Wildman–Crippen LogP) is 4.70. The molecule has 0 saturated heterocycles. The minimum atomic E-state index is 0.382. The second-order valence-electron chi connectivity index (χ2n) is 3.34. The molecule has 0 bridgehead atoms. The van der Waals surface area contributed by atoms with Crippen molar-refractivity contribution in [1.82, 2.24) is 4.98 Å². The topological polar surface area (TPSA) is 12.9 Å². The van der Waals surface area contributed by atoms with Crippen molar-refractivity contribution >= 4 is 50.0 Å². The average Bonchev–Trinajstić information content (AvgIpc) is 2.24. The zero-order valence-electron chi connectivity index (χ0n) is 8.02. The molecule has 0 saturated carbocycles. The second-order valence-corrected chi connectivity index (χ2v) is 4.76. The van der Waals surface area contributed by atoms with Gasteiger partial charge in [-0.25, -0.2) is 4.98 Å². The molecule has 15 heavy (non-hydrogen) atoms. The van der Waals surface area contributed by atoms with Gasteiger partial charge in [-0.3, -0.25) is 0 Å². The van der Waals surface area contributed by atoms with E-state index < -0.39 is 0 Å². The quantitative estimate of drug-likeness (QED) is 0.550. The monoisotopic (exact) mass is 303 g/mol. The van der Waals surface area contributed by atoms with Gasteiger partial charge in [0.15, 0.2) is 0 Å². The van der Waals surface area contributed by atoms with E-state index in [2.05, 4.69) is 20.9 Å². The van der Waals surface area contributed by atoms with Crippen LogP contribution in [0.3, 0.4) is 0 Å². The molecule has 0 amide bonds. The maximum absolute atomic E-state index is 6.01. The van der Waals surface area contributed by atoms with Crippen LogP contribution in [0.2, 0.25) is 5.15 Å². The van der Waals surface area contributed by atoms with Crippen LogP contribution in [0, 0.1) is 6.92 Å². The number of halogens is 3. The summed E-state index contributed by atoms with van der Waals surface area (Å²) in [7, 11) is 0. The molecule has 0 unspecified atom stereocenters. The molecule has 2 aromatic rings. The van der Waals surface area contributed by atoms with Crippen molar-refractivity contribution in [2.75, 3.05) is 0 Å². The number of rotatable bonds is 1. The summed E-state index contributed by atoms with van der Waals surface area (Å²) in [6, 6.07) is 6.04. The molecule has 1 aromatic heterocycles. The third kappa shape index (κ3) is 1.99. The van der Waals surface area contributed by atoms with Gasteiger partial charge < -0.3 is 0 Å². The summed E-state index contributed by atoms with van der Waals surface area (Å²) in [5.74, 6) is 0.382. The van der Waals surface area contributed by atoms with Crippen molar-refractivity contribution in [3.05, 3.63) is 39.0 Å². The van der Waals surface area contributed by atoms with Crippen molar-refractivity contribution < 1.29 is 0 Å². The van der Waals surface area contributed by atoms with Crippen LogP contribution in [0.15, 0.2) is 22.7 Å². The van der Waals surface area contributed by atoms with Crippen LogP contribution in [-0.2, 0) is 5.88 Å². The molecular weight excluding hydrogens is 297 g/mol. The lowest BCUT2D eigenvalue weighted by Crippen LogP contribution is -1.89. The number of fused-ring (bicyclic) bond motifs is 1. The molecule has 0 radical (unpaired) electrons. The summed E-state index contributed by atoms with van der Waals surface area (Å²) < 4.78 is 0.989. The Morgan fingerprint density at radius 3 is 2.80 bits per heavy atom. The third-order valence-corrected chi connectivity index (χ3v) is 3.91. The molecule has 1 aromatic carbocycles. The summed E-state index contributed by atoms with van der Waals surface area (Å²) in [6.07, 6.45) is 0. The molecule has 0 aliphatic rings. The number of pyridine rings is 1. The van der Waals surface area contributed by atoms with Crippen molar-refractivity contribution in [2.24, 2.45) is 0 Å². The molecule has 1 heterocycles. The van der Waals surface area contributed by atoms with Gasteiger partial charge in [-0.2, -0.15) is 0 Å². The highest BCUT2D eigenvalue weighted by Crippen LogP contribution is 2.29. The lowest BCUT2D eigenvalue weighted by atomic mass is 10.1. The minimum Gasteiger partial charge on any atom is -0.235 e. The van der Waals surface area contributed by atoms with E-state index in [4.69, 9.17) is 23.2 Å². The predicted molar refractivity (Wildman–Crippen MR) is 68.7 cm³/mol. The van der Waals surface area contributed by atoms with Gasteiger partial charge in [0.1, 0.15) is 5.15 Å². The molecule has 0 fully saturated rings. The van der Waals surface area contributed by atoms with Crippen LogP contribution >= 0.6 is 39.1 Å². The Balaban J connectivity index is 2.81. The first-order valence-corrected chi connectivity index (χ1v) is 6.14. The van der Waals surface area contributed by atoms with Gasteiger partial charge in [-0.05, 0) is 34.5 Å². The summed E-state index contributed by atoms with van der Waals surface area (Å²) >= 11 is 15.3. The van der Waals surface area contributed by atoms with Crippen LogP contribution in [0.1, 0.15) is 11.1 Å². The number of aryl methyl sites for hydroxylation is 1. The van der Waals surface area contributed by atoms with Crippen LogP contribution < -0.4 is 0 Å². The highest BCUT2D eigenvalue weighted by Gasteiger charge is 2.07. The molecule has 0 aliphatic carbocycles. The first-order valence-electron chi connectivity index (χ1n) is 4.43. The summed E-state index contributed by atoms with van der Waals surface area (Å²) in [4.78, 5) is 4.34. The minimum absolute atomic E-state index is 0.382. The smallest absolute Gasteiger partial charge is 0.134 e. The third-order valence-electron chi connectivity index (χ3n) is 2.29. The summed E-state index contributed by atoms with van der Waals surface area (Å²) in [6.45, 7) is 2.02. The number of benzene rings is 1. The van der Waals surface area contributed by atoms with Crippen molar-refractivity contribution in [2.45, 2.75) is 12.8 Å². The van der Waals surface area contributed by atoms with E-state index in [0.717, 1.165) is 26.5 Å². The zero-order valence-corrected chi connectivity index (χ0v) is 11.1. The van der Waals surface area contributed by atoms with Gasteiger partial charge >= 0.3 is 0 Å². The van der Waals surface area contributed by atoms with Gasteiger partial charge in [-0.15, -0.1) is 11.6 Å². The van der Waals surface area contributed by atoms with Gasteiger partial charge in [0, 0.05) is 15.4 Å². The molecule has 0 N–H and O–H groups in total. The molecule has 2 rings (SSSR count). The van der Waals surface area contributed by atoms with E-state index in [1.807, 2.05) is 25.1 Å². The van der Waals surface area contributed by atoms with Gasteiger partial charge in [0.2, 0.25) is 0 Å². The van der Waals surface area contributed by atoms with E-state index in [-0.39, 0.29) is 0 Å². The fourth-order valence-electron chi connectivity index (χ4n) is 1.42. The Morgan fingerprint density at radius 2 is 2.13 bits per heavy atom. The largest absolute Gasteiger partial charge is 0.235 e. The molecule has 0 atom stereocenters. The standard InChI is InChI=1S/C11H8BrCl2N/c1-6-2-3-7-4-8(5-13)11(14)15-10(7)9(6)12/h2-4H,5H2,1H3. The Morgan fingerprint density at radius 1 is 1.40 bits per heavy atom. The number of aromatic nitrogens is 1. The molecule has 0 aliphatic heterocycles. The van der Waals surface area contributed by atoms with E-state index in [9.17, 15) is 0 Å². The SMILES string of the molecule is Cc1ccc2cc(CCl)c(Cl)nc2c1Br. The van der Waals surface area contributed by atoms with Crippen molar-refractivity contribution in [1.29, 1.82) is 0 Å². The maximum Gasteiger partial charge on any atom is 0.134 e. The first kappa shape index (κ1) is 11.2. The molecular formula is C11H8BrCl2N. The van der Waals surface area contributed by atoms with Gasteiger partial charge in [-0.1, -0.05) is 23.7 Å². The normalized spacial score (nSPS) is 10.9. The Hall–Kier alpha value is -0.310. The number of hydrogen-bond donors (Lipinski definition) is 0. The van der Waals surface area contributed by atoms with Crippen molar-refractivity contribution in [3.63, 3.8) is 0 Å². The van der Waals surface area contributed by atoms with Crippen LogP contribution in [0.5, 0.6) is 0 Å². The van der Waals surface area contributed by atoms with E-state index >= 15 is 0 Å². The molecule has 1 nitrogen and oxygen atoms in total. The van der Waals surface area contributed by atoms with Crippen LogP contribution in [0.4, 0.5) is 0 Å². The fourth-order valence-corrected chi connectivity index (χ4v) is 2.35. The Labute approximate surface area is 107 Å². The van der Waals surface area contributed by atoms with Crippen LogP contribution in [0.25, 0.3) is 10.9 Å². The lowest BCUT2D eigenvalue weighted by Gasteiger charge is -2.06. The first-order chi connectivity index (χ1) is 7.13. The van der Waals surface area contributed by atoms with Crippen LogP contribution in [-0.4, -0.2) is 4.98 Å². The second kappa shape index (κ2) is 4.28. The molecule has 78 valence electrons. The van der Waals surface area contributed by atoms with E-state index in [1.54, 1.807) is 0 Å². The zero-order chi connectivity index (χ0) is 11.0. The van der Waals surface area contributed by atoms with Gasteiger partial charge in [0.25, 0.3) is 0 Å². The highest BCUT2D eigenvalue weighted by atomic mass is 79.9. The number of hydrogen-bond acceptors (Lipinski definition) is 1. The average molecular weight is 305 g/mol. The van der Waals surface area contributed by atoms with Gasteiger partial charge in [0.05, 0.1) is 11.4 Å². The van der Waals surface area contributed by atoms with Crippen molar-refractivity contribution in [3.8, 4) is 0 Å². The number of alkyl halides is 1. The summed E-state index contributed by atoms with van der Waals surface area (Å²) in [5, 5.41) is 1.52. The number of nitrogens with zero attached hydrogens (tertiary/aromatic N) is 1.